The number of sulfone groups is 1. The molecule has 0 radical (unpaired) electrons. The molecule has 1 saturated carbocycles. The van der Waals surface area contributed by atoms with Gasteiger partial charge in [0.05, 0.1) is 16.8 Å². The Labute approximate surface area is 229 Å². The van der Waals surface area contributed by atoms with Crippen molar-refractivity contribution in [2.45, 2.75) is 48.2 Å². The molecule has 208 valence electrons. The van der Waals surface area contributed by atoms with Gasteiger partial charge < -0.3 is 20.9 Å². The van der Waals surface area contributed by atoms with Crippen LogP contribution in [-0.4, -0.2) is 49.9 Å². The first-order valence-corrected chi connectivity index (χ1v) is 14.2. The van der Waals surface area contributed by atoms with Gasteiger partial charge >= 0.3 is 5.51 Å². The van der Waals surface area contributed by atoms with Gasteiger partial charge in [0, 0.05) is 40.6 Å². The summed E-state index contributed by atoms with van der Waals surface area (Å²) in [7, 11) is -4.59. The average molecular weight is 629 g/mol. The molecular formula is C25H24BrF3N4O5S. The molecule has 4 rings (SSSR count). The molecule has 2 aromatic carbocycles. The SMILES string of the molecule is CNC(=O)c1cc(Br)cc(S(=O)(=O)C(F)(F)F)c1N[C@@H]1CCCC[C@@H]1NC(=O)c1cc(=O)[nH]c2ccccc12. The Balaban J connectivity index is 1.74. The van der Waals surface area contributed by atoms with Gasteiger partial charge in [-0.3, -0.25) is 14.4 Å². The van der Waals surface area contributed by atoms with Crippen LogP contribution >= 0.6 is 15.9 Å². The van der Waals surface area contributed by atoms with E-state index in [1.54, 1.807) is 24.3 Å². The highest BCUT2D eigenvalue weighted by atomic mass is 79.9. The first-order chi connectivity index (χ1) is 18.3. The predicted octanol–water partition coefficient (Wildman–Crippen LogP) is 4.10. The highest BCUT2D eigenvalue weighted by Gasteiger charge is 2.49. The molecule has 1 fully saturated rings. The number of para-hydroxylation sites is 1. The van der Waals surface area contributed by atoms with Gasteiger partial charge in [-0.1, -0.05) is 47.0 Å². The lowest BCUT2D eigenvalue weighted by atomic mass is 9.89. The number of halogens is 4. The number of hydrogen-bond donors (Lipinski definition) is 4. The molecule has 0 unspecified atom stereocenters. The summed E-state index contributed by atoms with van der Waals surface area (Å²) in [6.45, 7) is 0. The summed E-state index contributed by atoms with van der Waals surface area (Å²) >= 11 is 3.00. The van der Waals surface area contributed by atoms with Crippen molar-refractivity contribution in [2.75, 3.05) is 12.4 Å². The van der Waals surface area contributed by atoms with Crippen LogP contribution in [0.5, 0.6) is 0 Å². The molecule has 0 aliphatic heterocycles. The van der Waals surface area contributed by atoms with E-state index in [9.17, 15) is 36.0 Å². The second-order valence-corrected chi connectivity index (χ2v) is 11.9. The van der Waals surface area contributed by atoms with Crippen LogP contribution in [0.1, 0.15) is 46.4 Å². The molecular weight excluding hydrogens is 605 g/mol. The van der Waals surface area contributed by atoms with Crippen LogP contribution in [0.15, 0.2) is 56.6 Å². The minimum atomic E-state index is -5.86. The molecule has 14 heteroatoms. The molecule has 0 spiro atoms. The Bertz CT molecular complexity index is 1610. The normalized spacial score (nSPS) is 18.0. The van der Waals surface area contributed by atoms with Crippen molar-refractivity contribution in [3.8, 4) is 0 Å². The van der Waals surface area contributed by atoms with Crippen LogP contribution in [0.2, 0.25) is 0 Å². The van der Waals surface area contributed by atoms with Crippen molar-refractivity contribution < 1.29 is 31.2 Å². The average Bonchev–Trinajstić information content (AvgIpc) is 2.88. The minimum absolute atomic E-state index is 0.0378. The molecule has 0 bridgehead atoms. The van der Waals surface area contributed by atoms with Crippen LogP contribution in [0, 0.1) is 0 Å². The fourth-order valence-corrected chi connectivity index (χ4v) is 6.26. The van der Waals surface area contributed by atoms with Gasteiger partial charge in [-0.25, -0.2) is 8.42 Å². The van der Waals surface area contributed by atoms with Gasteiger partial charge in [0.2, 0.25) is 5.56 Å². The quantitative estimate of drug-likeness (QED) is 0.324. The Morgan fingerprint density at radius 2 is 1.67 bits per heavy atom. The number of hydrogen-bond acceptors (Lipinski definition) is 6. The summed E-state index contributed by atoms with van der Waals surface area (Å²) in [5.41, 5.74) is -6.35. The molecule has 3 aromatic rings. The third-order valence-corrected chi connectivity index (χ3v) is 8.51. The fraction of sp³-hybridized carbons (Fsp3) is 0.320. The maximum Gasteiger partial charge on any atom is 0.501 e. The molecule has 39 heavy (non-hydrogen) atoms. The number of carbonyl (C=O) groups excluding carboxylic acids is 2. The summed E-state index contributed by atoms with van der Waals surface area (Å²) in [6.07, 6.45) is 2.13. The van der Waals surface area contributed by atoms with Crippen molar-refractivity contribution in [3.63, 3.8) is 0 Å². The topological polar surface area (TPSA) is 137 Å². The highest BCUT2D eigenvalue weighted by Crippen LogP contribution is 2.39. The number of aromatic amines is 1. The number of amides is 2. The smallest absolute Gasteiger partial charge is 0.379 e. The first kappa shape index (κ1) is 28.6. The van der Waals surface area contributed by atoms with E-state index in [0.29, 0.717) is 36.6 Å². The van der Waals surface area contributed by atoms with Crippen molar-refractivity contribution in [3.05, 3.63) is 68.4 Å². The molecule has 9 nitrogen and oxygen atoms in total. The third kappa shape index (κ3) is 5.81. The fourth-order valence-electron chi connectivity index (χ4n) is 4.68. The molecule has 1 aliphatic carbocycles. The van der Waals surface area contributed by atoms with Crippen LogP contribution in [-0.2, 0) is 9.84 Å². The molecule has 1 aliphatic rings. The minimum Gasteiger partial charge on any atom is -0.379 e. The maximum atomic E-state index is 13.6. The van der Waals surface area contributed by atoms with Gasteiger partial charge in [0.15, 0.2) is 0 Å². The van der Waals surface area contributed by atoms with E-state index in [2.05, 4.69) is 36.9 Å². The largest absolute Gasteiger partial charge is 0.501 e. The Kier molecular flexibility index (Phi) is 8.07. The number of anilines is 1. The summed E-state index contributed by atoms with van der Waals surface area (Å²) in [6, 6.07) is 8.53. The number of rotatable bonds is 6. The van der Waals surface area contributed by atoms with Gasteiger partial charge in [-0.2, -0.15) is 13.2 Å². The number of alkyl halides is 3. The van der Waals surface area contributed by atoms with Crippen molar-refractivity contribution >= 4 is 54.2 Å². The highest BCUT2D eigenvalue weighted by molar-refractivity contribution is 9.10. The molecule has 1 heterocycles. The number of nitrogens with one attached hydrogen (secondary N) is 4. The standard InChI is InChI=1S/C25H24BrF3N4O5S/c1-30-23(35)16-10-13(26)11-20(39(37,38)25(27,28)29)22(16)32-18-8-4-5-9-19(18)33-24(36)15-12-21(34)31-17-7-3-2-6-14(15)17/h2-3,6-7,10-12,18-19,32H,4-5,8-9H2,1H3,(H,30,35)(H,31,34)(H,33,36)/t18-,19+/m1/s1. The number of pyridine rings is 1. The Hall–Kier alpha value is -3.39. The van der Waals surface area contributed by atoms with E-state index >= 15 is 0 Å². The zero-order valence-corrected chi connectivity index (χ0v) is 22.9. The van der Waals surface area contributed by atoms with E-state index < -0.39 is 55.4 Å². The summed E-state index contributed by atoms with van der Waals surface area (Å²) in [5.74, 6) is -1.37. The van der Waals surface area contributed by atoms with Gasteiger partial charge in [-0.05, 0) is 31.0 Å². The second kappa shape index (κ2) is 11.0. The zero-order valence-electron chi connectivity index (χ0n) is 20.5. The van der Waals surface area contributed by atoms with Crippen molar-refractivity contribution in [2.24, 2.45) is 0 Å². The lowest BCUT2D eigenvalue weighted by Crippen LogP contribution is -2.49. The Morgan fingerprint density at radius 1 is 1.00 bits per heavy atom. The van der Waals surface area contributed by atoms with E-state index in [0.717, 1.165) is 12.1 Å². The number of carbonyl (C=O) groups is 2. The monoisotopic (exact) mass is 628 g/mol. The predicted molar refractivity (Wildman–Crippen MR) is 142 cm³/mol. The molecule has 2 atom stereocenters. The number of fused-ring (bicyclic) bond motifs is 1. The summed E-state index contributed by atoms with van der Waals surface area (Å²) in [5, 5.41) is 8.52. The van der Waals surface area contributed by atoms with Crippen LogP contribution in [0.25, 0.3) is 10.9 Å². The number of H-pyrrole nitrogens is 1. The molecule has 0 saturated heterocycles. The van der Waals surface area contributed by atoms with Gasteiger partial charge in [-0.15, -0.1) is 0 Å². The van der Waals surface area contributed by atoms with E-state index in [4.69, 9.17) is 0 Å². The second-order valence-electron chi connectivity index (χ2n) is 9.06. The third-order valence-electron chi connectivity index (χ3n) is 6.54. The van der Waals surface area contributed by atoms with E-state index in [1.165, 1.54) is 13.1 Å². The first-order valence-electron chi connectivity index (χ1n) is 11.9. The number of benzene rings is 2. The zero-order chi connectivity index (χ0) is 28.5. The number of aromatic nitrogens is 1. The summed E-state index contributed by atoms with van der Waals surface area (Å²) in [4.78, 5) is 39.6. The van der Waals surface area contributed by atoms with E-state index in [1.807, 2.05) is 0 Å². The van der Waals surface area contributed by atoms with E-state index in [-0.39, 0.29) is 15.6 Å². The van der Waals surface area contributed by atoms with Crippen molar-refractivity contribution in [1.82, 2.24) is 15.6 Å². The van der Waals surface area contributed by atoms with Crippen molar-refractivity contribution in [1.29, 1.82) is 0 Å². The maximum absolute atomic E-state index is 13.6. The van der Waals surface area contributed by atoms with Crippen LogP contribution < -0.4 is 21.5 Å². The lowest BCUT2D eigenvalue weighted by molar-refractivity contribution is -0.0435. The van der Waals surface area contributed by atoms with Crippen LogP contribution in [0.3, 0.4) is 0 Å². The Morgan fingerprint density at radius 3 is 2.33 bits per heavy atom. The van der Waals surface area contributed by atoms with Crippen LogP contribution in [0.4, 0.5) is 18.9 Å². The lowest BCUT2D eigenvalue weighted by Gasteiger charge is -2.34. The molecule has 4 N–H and O–H groups in total. The van der Waals surface area contributed by atoms with Gasteiger partial charge in [0.25, 0.3) is 21.7 Å². The molecule has 2 amide bonds. The summed E-state index contributed by atoms with van der Waals surface area (Å²) < 4.78 is 65.8. The van der Waals surface area contributed by atoms with Gasteiger partial charge in [0.1, 0.15) is 4.90 Å². The molecule has 1 aromatic heterocycles.